The molecule has 6 amide bonds. The molecular formula is C36H45ClN8O5. The third kappa shape index (κ3) is 12.1. The molecule has 1 aromatic heterocycles. The number of rotatable bonds is 13. The Morgan fingerprint density at radius 3 is 2.24 bits per heavy atom. The number of amides is 6. The zero-order valence-electron chi connectivity index (χ0n) is 28.6. The second-order valence-corrected chi connectivity index (χ2v) is 13.8. The van der Waals surface area contributed by atoms with Crippen LogP contribution in [0.4, 0.5) is 4.79 Å². The Morgan fingerprint density at radius 2 is 1.58 bits per heavy atom. The third-order valence-corrected chi connectivity index (χ3v) is 8.43. The van der Waals surface area contributed by atoms with Gasteiger partial charge in [-0.1, -0.05) is 80.9 Å². The fourth-order valence-electron chi connectivity index (χ4n) is 5.25. The molecule has 1 aliphatic heterocycles. The maximum absolute atomic E-state index is 13.9. The highest BCUT2D eigenvalue weighted by molar-refractivity contribution is 6.31. The molecule has 4 rings (SSSR count). The quantitative estimate of drug-likeness (QED) is 0.182. The van der Waals surface area contributed by atoms with Gasteiger partial charge in [0, 0.05) is 56.1 Å². The van der Waals surface area contributed by atoms with E-state index in [1.165, 1.54) is 23.5 Å². The smallest absolute Gasteiger partial charge is 0.318 e. The summed E-state index contributed by atoms with van der Waals surface area (Å²) in [4.78, 5) is 75.9. The minimum atomic E-state index is -1.27. The number of carbonyl (C=O) groups is 5. The molecule has 1 fully saturated rings. The summed E-state index contributed by atoms with van der Waals surface area (Å²) in [5.74, 6) is -1.90. The van der Waals surface area contributed by atoms with Gasteiger partial charge < -0.3 is 31.5 Å². The number of nitrogens with one attached hydrogen (secondary N) is 5. The largest absolute Gasteiger partial charge is 0.355 e. The lowest BCUT2D eigenvalue weighted by molar-refractivity contribution is -0.131. The van der Waals surface area contributed by atoms with Crippen molar-refractivity contribution >= 4 is 41.3 Å². The van der Waals surface area contributed by atoms with Crippen LogP contribution in [0.3, 0.4) is 0 Å². The Labute approximate surface area is 297 Å². The summed E-state index contributed by atoms with van der Waals surface area (Å²) in [5, 5.41) is 14.6. The average Bonchev–Trinajstić information content (AvgIpc) is 3.10. The van der Waals surface area contributed by atoms with Crippen LogP contribution >= 0.6 is 11.6 Å². The lowest BCUT2D eigenvalue weighted by Crippen LogP contribution is -2.58. The lowest BCUT2D eigenvalue weighted by atomic mass is 9.97. The van der Waals surface area contributed by atoms with E-state index < -0.39 is 35.8 Å². The van der Waals surface area contributed by atoms with Gasteiger partial charge in [-0.05, 0) is 35.4 Å². The van der Waals surface area contributed by atoms with Crippen molar-refractivity contribution in [2.75, 3.05) is 19.6 Å². The number of hydrogen-bond donors (Lipinski definition) is 5. The van der Waals surface area contributed by atoms with Crippen LogP contribution in [-0.2, 0) is 27.3 Å². The molecule has 2 aromatic carbocycles. The van der Waals surface area contributed by atoms with Crippen LogP contribution in [0.15, 0.2) is 73.2 Å². The number of benzene rings is 2. The fourth-order valence-corrected chi connectivity index (χ4v) is 5.45. The predicted molar refractivity (Wildman–Crippen MR) is 189 cm³/mol. The van der Waals surface area contributed by atoms with Crippen molar-refractivity contribution in [1.29, 1.82) is 0 Å². The topological polar surface area (TPSA) is 175 Å². The standard InChI is InChI=1S/C36H45ClN8O5/c1-36(2,3)23-41-31(46)20-29(44-35(50)45-17-13-26(14-18-45)42-34(49)30-22-38-15-16-39-30)33(48)43-28(19-24-9-5-4-6-10-24)32(47)40-21-25-11-7-8-12-27(25)37/h4-12,15-16,22,26,28-29H,13-14,17-21,23H2,1-3H3,(H,40,47)(H,41,46)(H,42,49)(H,43,48)(H,44,50)/t28-,29-/m0/s1. The van der Waals surface area contributed by atoms with Crippen LogP contribution in [0.1, 0.15) is 61.6 Å². The fraction of sp³-hybridized carbons (Fsp3) is 0.417. The Morgan fingerprint density at radius 1 is 0.880 bits per heavy atom. The van der Waals surface area contributed by atoms with E-state index in [1.54, 1.807) is 18.2 Å². The minimum Gasteiger partial charge on any atom is -0.355 e. The molecule has 1 aliphatic rings. The van der Waals surface area contributed by atoms with Crippen LogP contribution in [0.2, 0.25) is 5.02 Å². The number of likely N-dealkylation sites (tertiary alicyclic amines) is 1. The normalized spacial score (nSPS) is 14.5. The van der Waals surface area contributed by atoms with E-state index in [-0.39, 0.29) is 42.4 Å². The van der Waals surface area contributed by atoms with Gasteiger partial charge in [0.05, 0.1) is 12.6 Å². The number of piperidine rings is 1. The SMILES string of the molecule is CC(C)(C)CNC(=O)C[C@H](NC(=O)N1CCC(NC(=O)c2cnccn2)CC1)C(=O)N[C@@H](Cc1ccccc1)C(=O)NCc1ccccc1Cl. The first-order valence-corrected chi connectivity index (χ1v) is 17.0. The van der Waals surface area contributed by atoms with Gasteiger partial charge in [-0.25, -0.2) is 9.78 Å². The maximum atomic E-state index is 13.9. The molecule has 0 radical (unpaired) electrons. The zero-order chi connectivity index (χ0) is 36.1. The number of nitrogens with zero attached hydrogens (tertiary/aromatic N) is 3. The summed E-state index contributed by atoms with van der Waals surface area (Å²) in [6, 6.07) is 13.3. The Kier molecular flexibility index (Phi) is 13.7. The number of halogens is 1. The summed E-state index contributed by atoms with van der Waals surface area (Å²) >= 11 is 6.29. The van der Waals surface area contributed by atoms with Crippen molar-refractivity contribution < 1.29 is 24.0 Å². The minimum absolute atomic E-state index is 0.143. The molecule has 14 heteroatoms. The van der Waals surface area contributed by atoms with Gasteiger partial charge in [-0.3, -0.25) is 24.2 Å². The Hall–Kier alpha value is -5.04. The van der Waals surface area contributed by atoms with E-state index in [0.29, 0.717) is 43.1 Å². The van der Waals surface area contributed by atoms with Crippen molar-refractivity contribution in [3.63, 3.8) is 0 Å². The van der Waals surface area contributed by atoms with Gasteiger partial charge in [0.2, 0.25) is 17.7 Å². The predicted octanol–water partition coefficient (Wildman–Crippen LogP) is 3.00. The molecule has 3 aromatic rings. The van der Waals surface area contributed by atoms with Gasteiger partial charge in [0.15, 0.2) is 0 Å². The molecule has 2 atom stereocenters. The first-order chi connectivity index (χ1) is 23.9. The molecule has 0 spiro atoms. The molecule has 5 N–H and O–H groups in total. The first kappa shape index (κ1) is 37.8. The number of aromatic nitrogens is 2. The number of hydrogen-bond acceptors (Lipinski definition) is 7. The van der Waals surface area contributed by atoms with Gasteiger partial charge >= 0.3 is 6.03 Å². The van der Waals surface area contributed by atoms with E-state index >= 15 is 0 Å². The lowest BCUT2D eigenvalue weighted by Gasteiger charge is -2.33. The van der Waals surface area contributed by atoms with Crippen molar-refractivity contribution in [3.8, 4) is 0 Å². The maximum Gasteiger partial charge on any atom is 0.318 e. The summed E-state index contributed by atoms with van der Waals surface area (Å²) in [6.07, 6.45) is 5.10. The first-order valence-electron chi connectivity index (χ1n) is 16.6. The third-order valence-electron chi connectivity index (χ3n) is 8.06. The molecular weight excluding hydrogens is 660 g/mol. The van der Waals surface area contributed by atoms with E-state index in [4.69, 9.17) is 11.6 Å². The van der Waals surface area contributed by atoms with E-state index in [2.05, 4.69) is 36.6 Å². The summed E-state index contributed by atoms with van der Waals surface area (Å²) in [7, 11) is 0. The van der Waals surface area contributed by atoms with E-state index in [9.17, 15) is 24.0 Å². The van der Waals surface area contributed by atoms with E-state index in [1.807, 2.05) is 57.2 Å². The zero-order valence-corrected chi connectivity index (χ0v) is 29.3. The van der Waals surface area contributed by atoms with Gasteiger partial charge in [0.1, 0.15) is 17.8 Å². The van der Waals surface area contributed by atoms with Crippen LogP contribution in [0.5, 0.6) is 0 Å². The molecule has 0 aliphatic carbocycles. The van der Waals surface area contributed by atoms with Gasteiger partial charge in [0.25, 0.3) is 5.91 Å². The number of carbonyl (C=O) groups excluding carboxylic acids is 5. The molecule has 2 heterocycles. The summed E-state index contributed by atoms with van der Waals surface area (Å²) < 4.78 is 0. The van der Waals surface area contributed by atoms with Crippen LogP contribution < -0.4 is 26.6 Å². The Bertz CT molecular complexity index is 1610. The Balaban J connectivity index is 1.43. The van der Waals surface area contributed by atoms with Crippen molar-refractivity contribution in [2.45, 2.75) is 71.1 Å². The highest BCUT2D eigenvalue weighted by Gasteiger charge is 2.32. The van der Waals surface area contributed by atoms with Crippen molar-refractivity contribution in [3.05, 3.63) is 95.0 Å². The monoisotopic (exact) mass is 704 g/mol. The van der Waals surface area contributed by atoms with Crippen LogP contribution in [0.25, 0.3) is 0 Å². The molecule has 50 heavy (non-hydrogen) atoms. The van der Waals surface area contributed by atoms with Crippen molar-refractivity contribution in [2.24, 2.45) is 5.41 Å². The summed E-state index contributed by atoms with van der Waals surface area (Å²) in [6.45, 7) is 7.02. The summed E-state index contributed by atoms with van der Waals surface area (Å²) in [5.41, 5.74) is 1.52. The number of urea groups is 1. The molecule has 13 nitrogen and oxygen atoms in total. The van der Waals surface area contributed by atoms with Crippen molar-refractivity contribution in [1.82, 2.24) is 41.5 Å². The van der Waals surface area contributed by atoms with Crippen LogP contribution in [0, 0.1) is 5.41 Å². The second kappa shape index (κ2) is 18.1. The molecule has 0 unspecified atom stereocenters. The molecule has 0 bridgehead atoms. The van der Waals surface area contributed by atoms with Gasteiger partial charge in [-0.2, -0.15) is 0 Å². The highest BCUT2D eigenvalue weighted by atomic mass is 35.5. The van der Waals surface area contributed by atoms with E-state index in [0.717, 1.165) is 5.56 Å². The molecule has 266 valence electrons. The molecule has 0 saturated carbocycles. The highest BCUT2D eigenvalue weighted by Crippen LogP contribution is 2.16. The average molecular weight is 705 g/mol. The van der Waals surface area contributed by atoms with Crippen LogP contribution in [-0.4, -0.2) is 82.3 Å². The van der Waals surface area contributed by atoms with Gasteiger partial charge in [-0.15, -0.1) is 0 Å². The molecule has 1 saturated heterocycles. The second-order valence-electron chi connectivity index (χ2n) is 13.4.